The normalized spacial score (nSPS) is 10.1. The van der Waals surface area contributed by atoms with Crippen molar-refractivity contribution in [3.8, 4) is 0 Å². The third kappa shape index (κ3) is 4.12. The van der Waals surface area contributed by atoms with Gasteiger partial charge in [0.15, 0.2) is 0 Å². The Balaban J connectivity index is 3.28. The van der Waals surface area contributed by atoms with Crippen LogP contribution < -0.4 is 5.73 Å². The van der Waals surface area contributed by atoms with Gasteiger partial charge in [-0.2, -0.15) is 0 Å². The third-order valence-corrected chi connectivity index (χ3v) is 1.23. The van der Waals surface area contributed by atoms with Crippen molar-refractivity contribution in [1.29, 1.82) is 0 Å². The number of likely N-dealkylation sites (N-methyl/N-ethyl adjacent to an activating group) is 1. The molecule has 0 bridgehead atoms. The average molecular weight is 130 g/mol. The summed E-state index contributed by atoms with van der Waals surface area (Å²) in [5.41, 5.74) is 5.28. The molecule has 0 aromatic carbocycles. The molecule has 3 heteroatoms. The minimum atomic E-state index is 0.508. The van der Waals surface area contributed by atoms with Gasteiger partial charge in [0.1, 0.15) is 6.29 Å². The van der Waals surface area contributed by atoms with Crippen LogP contribution in [-0.2, 0) is 4.79 Å². The van der Waals surface area contributed by atoms with Crippen molar-refractivity contribution in [2.45, 2.75) is 6.92 Å². The number of nitrogens with two attached hydrogens (primary N) is 1. The van der Waals surface area contributed by atoms with Gasteiger partial charge in [-0.05, 0) is 6.54 Å². The number of aldehydes is 1. The fraction of sp³-hybridized carbons (Fsp3) is 0.833. The molecule has 0 aromatic heterocycles. The van der Waals surface area contributed by atoms with Crippen LogP contribution in [0.3, 0.4) is 0 Å². The van der Waals surface area contributed by atoms with Crippen LogP contribution in [0.1, 0.15) is 6.92 Å². The second-order valence-electron chi connectivity index (χ2n) is 1.85. The quantitative estimate of drug-likeness (QED) is 0.509. The topological polar surface area (TPSA) is 46.3 Å². The molecular formula is C6H14N2O. The number of hydrogen-bond acceptors (Lipinski definition) is 3. The van der Waals surface area contributed by atoms with Crippen LogP contribution in [-0.4, -0.2) is 37.4 Å². The van der Waals surface area contributed by atoms with Gasteiger partial charge in [-0.25, -0.2) is 0 Å². The number of nitrogens with zero attached hydrogens (tertiary/aromatic N) is 1. The molecule has 0 rings (SSSR count). The Morgan fingerprint density at radius 2 is 2.33 bits per heavy atom. The maximum atomic E-state index is 9.97. The highest BCUT2D eigenvalue weighted by atomic mass is 16.1. The van der Waals surface area contributed by atoms with Gasteiger partial charge in [0.2, 0.25) is 0 Å². The summed E-state index contributed by atoms with van der Waals surface area (Å²) in [5.74, 6) is 0. The van der Waals surface area contributed by atoms with Crippen LogP contribution in [0, 0.1) is 0 Å². The molecule has 3 nitrogen and oxygen atoms in total. The van der Waals surface area contributed by atoms with E-state index in [0.717, 1.165) is 19.4 Å². The second kappa shape index (κ2) is 5.72. The predicted octanol–water partition coefficient (Wildman–Crippen LogP) is -0.534. The number of rotatable bonds is 5. The van der Waals surface area contributed by atoms with E-state index in [-0.39, 0.29) is 0 Å². The predicted molar refractivity (Wildman–Crippen MR) is 37.2 cm³/mol. The molecule has 0 aliphatic carbocycles. The summed E-state index contributed by atoms with van der Waals surface area (Å²) < 4.78 is 0. The molecule has 0 aliphatic rings. The van der Waals surface area contributed by atoms with E-state index in [0.29, 0.717) is 13.1 Å². The van der Waals surface area contributed by atoms with Crippen LogP contribution in [0.4, 0.5) is 0 Å². The first-order chi connectivity index (χ1) is 4.35. The molecule has 0 saturated heterocycles. The van der Waals surface area contributed by atoms with E-state index in [1.807, 2.05) is 11.8 Å². The number of carbonyl (C=O) groups excluding carboxylic acids is 1. The molecule has 0 radical (unpaired) electrons. The first-order valence-electron chi connectivity index (χ1n) is 3.21. The first kappa shape index (κ1) is 8.59. The fourth-order valence-corrected chi connectivity index (χ4v) is 0.666. The molecule has 9 heavy (non-hydrogen) atoms. The summed E-state index contributed by atoms with van der Waals surface area (Å²) in [4.78, 5) is 12.0. The maximum Gasteiger partial charge on any atom is 0.133 e. The van der Waals surface area contributed by atoms with Crippen molar-refractivity contribution in [1.82, 2.24) is 4.90 Å². The van der Waals surface area contributed by atoms with Gasteiger partial charge in [0.25, 0.3) is 0 Å². The smallest absolute Gasteiger partial charge is 0.133 e. The highest BCUT2D eigenvalue weighted by molar-refractivity contribution is 5.51. The largest absolute Gasteiger partial charge is 0.329 e. The van der Waals surface area contributed by atoms with E-state index >= 15 is 0 Å². The van der Waals surface area contributed by atoms with E-state index < -0.39 is 0 Å². The third-order valence-electron chi connectivity index (χ3n) is 1.23. The van der Waals surface area contributed by atoms with E-state index in [4.69, 9.17) is 5.73 Å². The van der Waals surface area contributed by atoms with E-state index in [1.54, 1.807) is 0 Å². The monoisotopic (exact) mass is 130 g/mol. The van der Waals surface area contributed by atoms with Crippen molar-refractivity contribution in [2.24, 2.45) is 5.73 Å². The molecule has 0 aromatic rings. The molecule has 0 saturated carbocycles. The van der Waals surface area contributed by atoms with E-state index in [1.165, 1.54) is 0 Å². The second-order valence-corrected chi connectivity index (χ2v) is 1.85. The van der Waals surface area contributed by atoms with Gasteiger partial charge in [0.05, 0.1) is 6.54 Å². The minimum Gasteiger partial charge on any atom is -0.329 e. The summed E-state index contributed by atoms with van der Waals surface area (Å²) in [6.07, 6.45) is 0.902. The van der Waals surface area contributed by atoms with Crippen LogP contribution in [0.25, 0.3) is 0 Å². The molecule has 0 heterocycles. The SMILES string of the molecule is CCN(CC=O)CCN. The first-order valence-corrected chi connectivity index (χ1v) is 3.21. The minimum absolute atomic E-state index is 0.508. The van der Waals surface area contributed by atoms with Crippen molar-refractivity contribution in [3.63, 3.8) is 0 Å². The van der Waals surface area contributed by atoms with Crippen LogP contribution in [0.2, 0.25) is 0 Å². The molecule has 0 fully saturated rings. The zero-order chi connectivity index (χ0) is 7.11. The van der Waals surface area contributed by atoms with Crippen LogP contribution >= 0.6 is 0 Å². The standard InChI is InChI=1S/C6H14N2O/c1-2-8(4-3-7)5-6-9/h6H,2-5,7H2,1H3. The Morgan fingerprint density at radius 3 is 2.67 bits per heavy atom. The summed E-state index contributed by atoms with van der Waals surface area (Å²) in [5, 5.41) is 0. The van der Waals surface area contributed by atoms with Gasteiger partial charge in [-0.1, -0.05) is 6.92 Å². The van der Waals surface area contributed by atoms with Gasteiger partial charge in [0, 0.05) is 13.1 Å². The zero-order valence-corrected chi connectivity index (χ0v) is 5.84. The average Bonchev–Trinajstić information content (AvgIpc) is 1.88. The highest BCUT2D eigenvalue weighted by Gasteiger charge is 1.96. The van der Waals surface area contributed by atoms with Crippen LogP contribution in [0.5, 0.6) is 0 Å². The van der Waals surface area contributed by atoms with Crippen molar-refractivity contribution in [2.75, 3.05) is 26.2 Å². The summed E-state index contributed by atoms with van der Waals surface area (Å²) in [6, 6.07) is 0. The molecule has 0 spiro atoms. The summed E-state index contributed by atoms with van der Waals surface area (Å²) in [7, 11) is 0. The van der Waals surface area contributed by atoms with E-state index in [9.17, 15) is 4.79 Å². The number of carbonyl (C=O) groups is 1. The zero-order valence-electron chi connectivity index (χ0n) is 5.84. The Bertz CT molecular complexity index is 75.5. The Kier molecular flexibility index (Phi) is 5.46. The molecule has 0 amide bonds. The lowest BCUT2D eigenvalue weighted by Crippen LogP contribution is -2.30. The van der Waals surface area contributed by atoms with Crippen molar-refractivity contribution in [3.05, 3.63) is 0 Å². The molecular weight excluding hydrogens is 116 g/mol. The van der Waals surface area contributed by atoms with Gasteiger partial charge in [-0.3, -0.25) is 4.90 Å². The van der Waals surface area contributed by atoms with Gasteiger partial charge >= 0.3 is 0 Å². The molecule has 54 valence electrons. The summed E-state index contributed by atoms with van der Waals surface area (Å²) >= 11 is 0. The highest BCUT2D eigenvalue weighted by Crippen LogP contribution is 1.80. The summed E-state index contributed by atoms with van der Waals surface area (Å²) in [6.45, 7) is 4.86. The Morgan fingerprint density at radius 1 is 1.67 bits per heavy atom. The number of hydrogen-bond donors (Lipinski definition) is 1. The fourth-order valence-electron chi connectivity index (χ4n) is 0.666. The van der Waals surface area contributed by atoms with E-state index in [2.05, 4.69) is 0 Å². The Labute approximate surface area is 55.8 Å². The molecule has 0 aliphatic heterocycles. The maximum absolute atomic E-state index is 9.97. The van der Waals surface area contributed by atoms with Crippen LogP contribution in [0.15, 0.2) is 0 Å². The molecule has 2 N–H and O–H groups in total. The van der Waals surface area contributed by atoms with Crippen molar-refractivity contribution >= 4 is 6.29 Å². The lowest BCUT2D eigenvalue weighted by Gasteiger charge is -2.14. The van der Waals surface area contributed by atoms with Crippen molar-refractivity contribution < 1.29 is 4.79 Å². The lowest BCUT2D eigenvalue weighted by molar-refractivity contribution is -0.108. The van der Waals surface area contributed by atoms with Gasteiger partial charge < -0.3 is 10.5 Å². The van der Waals surface area contributed by atoms with Gasteiger partial charge in [-0.15, -0.1) is 0 Å². The molecule has 0 atom stereocenters. The Hall–Kier alpha value is -0.410. The lowest BCUT2D eigenvalue weighted by atomic mass is 10.5. The molecule has 0 unspecified atom stereocenters.